The summed E-state index contributed by atoms with van der Waals surface area (Å²) in [5, 5.41) is 10.7. The molecule has 3 N–H and O–H groups in total. The second-order valence-electron chi connectivity index (χ2n) is 32.2. The number of phosphoric ester groups is 2. The number of unbranched alkanes of at least 4 members (excludes halogenated alkanes) is 51. The van der Waals surface area contributed by atoms with Crippen LogP contribution in [0, 0.1) is 17.8 Å². The summed E-state index contributed by atoms with van der Waals surface area (Å²) in [5.41, 5.74) is 0. The summed E-state index contributed by atoms with van der Waals surface area (Å²) < 4.78 is 68.9. The molecule has 17 nitrogen and oxygen atoms in total. The van der Waals surface area contributed by atoms with Crippen LogP contribution in [0.4, 0.5) is 0 Å². The number of ether oxygens (including phenoxy) is 4. The van der Waals surface area contributed by atoms with E-state index < -0.39 is 97.5 Å². The third-order valence-electron chi connectivity index (χ3n) is 21.1. The summed E-state index contributed by atoms with van der Waals surface area (Å²) in [6.45, 7) is 12.0. The Morgan fingerprint density at radius 3 is 0.717 bits per heavy atom. The highest BCUT2D eigenvalue weighted by molar-refractivity contribution is 7.47. The maximum Gasteiger partial charge on any atom is 0.472 e. The van der Waals surface area contributed by atoms with Crippen LogP contribution in [0.15, 0.2) is 0 Å². The fourth-order valence-electron chi connectivity index (χ4n) is 13.5. The molecule has 0 amide bonds. The van der Waals surface area contributed by atoms with Gasteiger partial charge in [0.15, 0.2) is 12.2 Å². The molecule has 630 valence electrons. The van der Waals surface area contributed by atoms with Gasteiger partial charge in [-0.2, -0.15) is 0 Å². The summed E-state index contributed by atoms with van der Waals surface area (Å²) in [4.78, 5) is 73.3. The molecule has 106 heavy (non-hydrogen) atoms. The van der Waals surface area contributed by atoms with Crippen LogP contribution >= 0.6 is 15.6 Å². The highest BCUT2D eigenvalue weighted by Gasteiger charge is 2.31. The molecular formula is C87H170O17P2. The van der Waals surface area contributed by atoms with Gasteiger partial charge in [0.05, 0.1) is 26.4 Å². The largest absolute Gasteiger partial charge is 0.472 e. The Balaban J connectivity index is 5.24. The average Bonchev–Trinajstić information content (AvgIpc) is 0.920. The van der Waals surface area contributed by atoms with Gasteiger partial charge in [-0.25, -0.2) is 9.13 Å². The van der Waals surface area contributed by atoms with Crippen molar-refractivity contribution in [1.82, 2.24) is 0 Å². The van der Waals surface area contributed by atoms with Crippen molar-refractivity contribution in [3.63, 3.8) is 0 Å². The maximum atomic E-state index is 13.2. The van der Waals surface area contributed by atoms with Gasteiger partial charge in [-0.1, -0.05) is 408 Å². The molecule has 0 fully saturated rings. The monoisotopic (exact) mass is 1550 g/mol. The minimum Gasteiger partial charge on any atom is -0.462 e. The summed E-state index contributed by atoms with van der Waals surface area (Å²) in [6, 6.07) is 0. The number of phosphoric acid groups is 2. The van der Waals surface area contributed by atoms with Gasteiger partial charge < -0.3 is 33.8 Å². The smallest absolute Gasteiger partial charge is 0.462 e. The van der Waals surface area contributed by atoms with Gasteiger partial charge in [0.25, 0.3) is 0 Å². The van der Waals surface area contributed by atoms with Crippen LogP contribution in [-0.4, -0.2) is 96.7 Å². The van der Waals surface area contributed by atoms with Gasteiger partial charge >= 0.3 is 39.5 Å². The molecule has 0 aliphatic heterocycles. The van der Waals surface area contributed by atoms with Gasteiger partial charge in [0.2, 0.25) is 0 Å². The molecule has 0 spiro atoms. The van der Waals surface area contributed by atoms with E-state index >= 15 is 0 Å². The zero-order valence-corrected chi connectivity index (χ0v) is 71.7. The van der Waals surface area contributed by atoms with E-state index in [-0.39, 0.29) is 25.7 Å². The van der Waals surface area contributed by atoms with Gasteiger partial charge in [0.1, 0.15) is 19.3 Å². The van der Waals surface area contributed by atoms with Crippen molar-refractivity contribution < 1.29 is 80.2 Å². The quantitative estimate of drug-likeness (QED) is 0.0222. The molecule has 0 heterocycles. The Hall–Kier alpha value is -1.94. The van der Waals surface area contributed by atoms with Gasteiger partial charge in [-0.15, -0.1) is 0 Å². The Kier molecular flexibility index (Phi) is 75.6. The fourth-order valence-corrected chi connectivity index (χ4v) is 15.1. The number of rotatable bonds is 85. The molecule has 0 rings (SSSR count). The van der Waals surface area contributed by atoms with Crippen LogP contribution in [0.3, 0.4) is 0 Å². The molecule has 0 aromatic heterocycles. The number of hydrogen-bond acceptors (Lipinski definition) is 15. The molecule has 0 aromatic rings. The number of carbonyl (C=O) groups is 4. The van der Waals surface area contributed by atoms with Crippen LogP contribution < -0.4 is 0 Å². The van der Waals surface area contributed by atoms with E-state index in [9.17, 15) is 43.2 Å². The molecule has 0 bridgehead atoms. The highest BCUT2D eigenvalue weighted by Crippen LogP contribution is 2.45. The van der Waals surface area contributed by atoms with Crippen LogP contribution in [0.5, 0.6) is 0 Å². The van der Waals surface area contributed by atoms with Gasteiger partial charge in [-0.05, 0) is 43.4 Å². The molecule has 0 radical (unpaired) electrons. The van der Waals surface area contributed by atoms with E-state index in [4.69, 9.17) is 37.0 Å². The first-order valence-electron chi connectivity index (χ1n) is 44.9. The van der Waals surface area contributed by atoms with E-state index in [0.717, 1.165) is 108 Å². The molecule has 0 saturated heterocycles. The van der Waals surface area contributed by atoms with Gasteiger partial charge in [0, 0.05) is 25.7 Å². The molecular weight excluding hydrogens is 1380 g/mol. The standard InChI is InChI=1S/C87H170O17P2/c1-8-11-12-13-14-15-16-17-18-19-20-24-27-30-33-39-47-54-61-68-84(89)97-74-82(103-86(91)70-63-56-49-40-34-31-28-25-22-21-23-26-29-32-38-45-52-59-66-79(6)9-2)76-101-105(93,94)99-72-81(88)73-100-106(95,96)102-77-83(75-98-85(90)69-62-55-48-43-42-46-53-60-67-80(7)10-3)104-87(92)71-64-57-50-41-36-35-37-44-51-58-65-78(4)5/h78-83,88H,8-77H2,1-7H3,(H,93,94)(H,95,96)/t79?,80?,81-,82-,83-/m1/s1. The minimum absolute atomic E-state index is 0.106. The van der Waals surface area contributed by atoms with Crippen LogP contribution in [0.2, 0.25) is 0 Å². The third kappa shape index (κ3) is 77.4. The zero-order chi connectivity index (χ0) is 77.9. The van der Waals surface area contributed by atoms with E-state index in [1.54, 1.807) is 0 Å². The van der Waals surface area contributed by atoms with Crippen molar-refractivity contribution in [2.75, 3.05) is 39.6 Å². The Morgan fingerprint density at radius 2 is 0.481 bits per heavy atom. The molecule has 0 aliphatic rings. The van der Waals surface area contributed by atoms with Crippen molar-refractivity contribution in [2.24, 2.45) is 17.8 Å². The zero-order valence-electron chi connectivity index (χ0n) is 69.9. The maximum absolute atomic E-state index is 13.2. The third-order valence-corrected chi connectivity index (χ3v) is 23.0. The van der Waals surface area contributed by atoms with Crippen LogP contribution in [0.1, 0.15) is 459 Å². The van der Waals surface area contributed by atoms with Crippen LogP contribution in [0.25, 0.3) is 0 Å². The van der Waals surface area contributed by atoms with Gasteiger partial charge in [-0.3, -0.25) is 37.3 Å². The summed E-state index contributed by atoms with van der Waals surface area (Å²) in [6.07, 6.45) is 68.0. The van der Waals surface area contributed by atoms with Crippen molar-refractivity contribution in [1.29, 1.82) is 0 Å². The first kappa shape index (κ1) is 104. The topological polar surface area (TPSA) is 237 Å². The average molecular weight is 1550 g/mol. The summed E-state index contributed by atoms with van der Waals surface area (Å²) in [7, 11) is -9.93. The molecule has 0 saturated carbocycles. The lowest BCUT2D eigenvalue weighted by Crippen LogP contribution is -2.30. The Labute approximate surface area is 651 Å². The second kappa shape index (κ2) is 77.0. The van der Waals surface area contributed by atoms with Crippen molar-refractivity contribution in [3.8, 4) is 0 Å². The Bertz CT molecular complexity index is 2050. The lowest BCUT2D eigenvalue weighted by atomic mass is 9.99. The predicted octanol–water partition coefficient (Wildman–Crippen LogP) is 26.5. The van der Waals surface area contributed by atoms with Crippen molar-refractivity contribution in [2.45, 2.75) is 478 Å². The van der Waals surface area contributed by atoms with E-state index in [1.165, 1.54) is 270 Å². The Morgan fingerprint density at radius 1 is 0.274 bits per heavy atom. The molecule has 7 atom stereocenters. The lowest BCUT2D eigenvalue weighted by Gasteiger charge is -2.21. The van der Waals surface area contributed by atoms with Crippen LogP contribution in [-0.2, 0) is 65.4 Å². The first-order valence-corrected chi connectivity index (χ1v) is 47.9. The fraction of sp³-hybridized carbons (Fsp3) is 0.954. The summed E-state index contributed by atoms with van der Waals surface area (Å²) >= 11 is 0. The number of aliphatic hydroxyl groups excluding tert-OH is 1. The van der Waals surface area contributed by atoms with E-state index in [2.05, 4.69) is 48.5 Å². The van der Waals surface area contributed by atoms with Crippen molar-refractivity contribution >= 4 is 39.5 Å². The van der Waals surface area contributed by atoms with E-state index in [0.29, 0.717) is 25.7 Å². The highest BCUT2D eigenvalue weighted by atomic mass is 31.2. The summed E-state index contributed by atoms with van der Waals surface area (Å²) in [5.74, 6) is 0.296. The normalized spacial score (nSPS) is 14.4. The number of esters is 4. The van der Waals surface area contributed by atoms with E-state index in [1.807, 2.05) is 0 Å². The van der Waals surface area contributed by atoms with Crippen molar-refractivity contribution in [3.05, 3.63) is 0 Å². The molecule has 19 heteroatoms. The predicted molar refractivity (Wildman–Crippen MR) is 437 cm³/mol. The SMILES string of the molecule is CCCCCCCCCCCCCCCCCCCCCC(=O)OC[C@H](COP(=O)(O)OC[C@@H](O)COP(=O)(O)OC[C@@H](COC(=O)CCCCCCCCCCC(C)CC)OC(=O)CCCCCCCCCCCCC(C)C)OC(=O)CCCCCCCCCCCCCCCCCCCCC(C)CC. The second-order valence-corrected chi connectivity index (χ2v) is 35.1. The molecule has 0 aliphatic carbocycles. The number of carbonyl (C=O) groups excluding carboxylic acids is 4. The first-order chi connectivity index (χ1) is 51.3. The number of hydrogen-bond donors (Lipinski definition) is 3. The number of aliphatic hydroxyl groups is 1. The molecule has 4 unspecified atom stereocenters. The lowest BCUT2D eigenvalue weighted by molar-refractivity contribution is -0.161. The molecule has 0 aromatic carbocycles. The minimum atomic E-state index is -4.97.